The molecule has 0 bridgehead atoms. The van der Waals surface area contributed by atoms with E-state index in [0.717, 1.165) is 22.6 Å². The minimum Gasteiger partial charge on any atom is -0.368 e. The van der Waals surface area contributed by atoms with Gasteiger partial charge in [0, 0.05) is 18.0 Å². The van der Waals surface area contributed by atoms with Gasteiger partial charge in [-0.1, -0.05) is 0 Å². The zero-order chi connectivity index (χ0) is 10.8. The van der Waals surface area contributed by atoms with Crippen molar-refractivity contribution in [1.82, 2.24) is 9.97 Å². The van der Waals surface area contributed by atoms with Crippen LogP contribution in [0.1, 0.15) is 10.4 Å². The van der Waals surface area contributed by atoms with E-state index in [1.807, 2.05) is 0 Å². The Morgan fingerprint density at radius 2 is 2.20 bits per heavy atom. The summed E-state index contributed by atoms with van der Waals surface area (Å²) in [6.07, 6.45) is 1.59. The van der Waals surface area contributed by atoms with Crippen LogP contribution in [0, 0.1) is 13.8 Å². The molecule has 0 unspecified atom stereocenters. The van der Waals surface area contributed by atoms with Gasteiger partial charge in [0.25, 0.3) is 0 Å². The highest BCUT2D eigenvalue weighted by Crippen LogP contribution is 2.32. The number of thiophene rings is 1. The first-order valence-corrected chi connectivity index (χ1v) is 5.70. The van der Waals surface area contributed by atoms with Gasteiger partial charge < -0.3 is 11.1 Å². The number of aromatic nitrogens is 2. The summed E-state index contributed by atoms with van der Waals surface area (Å²) < 4.78 is 0. The topological polar surface area (TPSA) is 63.8 Å². The first-order valence-electron chi connectivity index (χ1n) is 4.88. The standard InChI is InChI=1S/C10H14N4S/c1-6-7(2)15-10-8(6)9(12-4-3-11)13-5-14-10/h5H,3-4,11H2,1-2H3,(H,12,13,14). The summed E-state index contributed by atoms with van der Waals surface area (Å²) in [7, 11) is 0. The van der Waals surface area contributed by atoms with Crippen LogP contribution in [0.15, 0.2) is 6.33 Å². The van der Waals surface area contributed by atoms with Gasteiger partial charge in [-0.05, 0) is 19.4 Å². The molecule has 0 atom stereocenters. The van der Waals surface area contributed by atoms with Crippen molar-refractivity contribution in [3.8, 4) is 0 Å². The van der Waals surface area contributed by atoms with Crippen LogP contribution in [0.2, 0.25) is 0 Å². The van der Waals surface area contributed by atoms with Crippen molar-refractivity contribution in [2.45, 2.75) is 13.8 Å². The Labute approximate surface area is 92.5 Å². The third-order valence-electron chi connectivity index (χ3n) is 2.40. The largest absolute Gasteiger partial charge is 0.368 e. The third kappa shape index (κ3) is 1.80. The lowest BCUT2D eigenvalue weighted by molar-refractivity contribution is 1.01. The number of hydrogen-bond donors (Lipinski definition) is 2. The van der Waals surface area contributed by atoms with Gasteiger partial charge in [-0.25, -0.2) is 9.97 Å². The van der Waals surface area contributed by atoms with Crippen molar-refractivity contribution in [3.63, 3.8) is 0 Å². The van der Waals surface area contributed by atoms with Gasteiger partial charge >= 0.3 is 0 Å². The lowest BCUT2D eigenvalue weighted by Gasteiger charge is -2.04. The Morgan fingerprint density at radius 1 is 1.40 bits per heavy atom. The van der Waals surface area contributed by atoms with Crippen molar-refractivity contribution < 1.29 is 0 Å². The van der Waals surface area contributed by atoms with E-state index in [1.165, 1.54) is 10.4 Å². The van der Waals surface area contributed by atoms with Crippen molar-refractivity contribution in [3.05, 3.63) is 16.8 Å². The molecular weight excluding hydrogens is 208 g/mol. The van der Waals surface area contributed by atoms with Crippen LogP contribution >= 0.6 is 11.3 Å². The van der Waals surface area contributed by atoms with Gasteiger partial charge in [-0.15, -0.1) is 11.3 Å². The fraction of sp³-hybridized carbons (Fsp3) is 0.400. The second kappa shape index (κ2) is 4.12. The molecule has 3 N–H and O–H groups in total. The van der Waals surface area contributed by atoms with Crippen molar-refractivity contribution in [2.75, 3.05) is 18.4 Å². The molecule has 2 heterocycles. The minimum absolute atomic E-state index is 0.605. The van der Waals surface area contributed by atoms with Crippen molar-refractivity contribution in [2.24, 2.45) is 5.73 Å². The molecule has 0 saturated heterocycles. The molecule has 5 heteroatoms. The molecule has 0 radical (unpaired) electrons. The normalized spacial score (nSPS) is 10.9. The Kier molecular flexibility index (Phi) is 2.83. The van der Waals surface area contributed by atoms with Crippen LogP contribution in [0.5, 0.6) is 0 Å². The minimum atomic E-state index is 0.605. The molecule has 4 nitrogen and oxygen atoms in total. The number of anilines is 1. The zero-order valence-corrected chi connectivity index (χ0v) is 9.69. The summed E-state index contributed by atoms with van der Waals surface area (Å²) in [5.74, 6) is 0.896. The SMILES string of the molecule is Cc1sc2ncnc(NCCN)c2c1C. The fourth-order valence-corrected chi connectivity index (χ4v) is 2.50. The van der Waals surface area contributed by atoms with Gasteiger partial charge in [0.1, 0.15) is 17.0 Å². The van der Waals surface area contributed by atoms with Gasteiger partial charge in [-0.2, -0.15) is 0 Å². The molecule has 0 aliphatic rings. The summed E-state index contributed by atoms with van der Waals surface area (Å²) in [5, 5.41) is 4.35. The highest BCUT2D eigenvalue weighted by molar-refractivity contribution is 7.18. The van der Waals surface area contributed by atoms with E-state index >= 15 is 0 Å². The molecule has 80 valence electrons. The van der Waals surface area contributed by atoms with Gasteiger partial charge in [0.2, 0.25) is 0 Å². The molecule has 0 aromatic carbocycles. The van der Waals surface area contributed by atoms with E-state index in [1.54, 1.807) is 17.7 Å². The van der Waals surface area contributed by atoms with Crippen LogP contribution in [0.4, 0.5) is 5.82 Å². The zero-order valence-electron chi connectivity index (χ0n) is 8.87. The monoisotopic (exact) mass is 222 g/mol. The Balaban J connectivity index is 2.53. The highest BCUT2D eigenvalue weighted by atomic mass is 32.1. The Morgan fingerprint density at radius 3 is 2.93 bits per heavy atom. The predicted molar refractivity (Wildman–Crippen MR) is 64.4 cm³/mol. The lowest BCUT2D eigenvalue weighted by Crippen LogP contribution is -2.14. The number of nitrogens with two attached hydrogens (primary N) is 1. The number of fused-ring (bicyclic) bond motifs is 1. The van der Waals surface area contributed by atoms with Crippen LogP contribution in [-0.2, 0) is 0 Å². The van der Waals surface area contributed by atoms with Gasteiger partial charge in [0.15, 0.2) is 0 Å². The highest BCUT2D eigenvalue weighted by Gasteiger charge is 2.10. The lowest BCUT2D eigenvalue weighted by atomic mass is 10.2. The molecule has 2 rings (SSSR count). The average molecular weight is 222 g/mol. The van der Waals surface area contributed by atoms with Gasteiger partial charge in [0.05, 0.1) is 5.39 Å². The third-order valence-corrected chi connectivity index (χ3v) is 3.52. The van der Waals surface area contributed by atoms with Crippen molar-refractivity contribution >= 4 is 27.4 Å². The number of rotatable bonds is 3. The summed E-state index contributed by atoms with van der Waals surface area (Å²) in [6.45, 7) is 5.55. The average Bonchev–Trinajstić information content (AvgIpc) is 2.53. The fourth-order valence-electron chi connectivity index (χ4n) is 1.51. The summed E-state index contributed by atoms with van der Waals surface area (Å²) in [6, 6.07) is 0. The second-order valence-corrected chi connectivity index (χ2v) is 4.60. The van der Waals surface area contributed by atoms with E-state index < -0.39 is 0 Å². The molecular formula is C10H14N4S. The van der Waals surface area contributed by atoms with E-state index in [0.29, 0.717) is 6.54 Å². The number of aryl methyl sites for hydroxylation is 2. The molecule has 2 aromatic rings. The van der Waals surface area contributed by atoms with Crippen LogP contribution in [0.25, 0.3) is 10.2 Å². The maximum absolute atomic E-state index is 5.46. The van der Waals surface area contributed by atoms with E-state index in [4.69, 9.17) is 5.73 Å². The van der Waals surface area contributed by atoms with E-state index in [9.17, 15) is 0 Å². The maximum atomic E-state index is 5.46. The molecule has 0 aliphatic heterocycles. The summed E-state index contributed by atoms with van der Waals surface area (Å²) in [5.41, 5.74) is 6.72. The molecule has 0 saturated carbocycles. The summed E-state index contributed by atoms with van der Waals surface area (Å²) >= 11 is 1.70. The Bertz CT molecular complexity index is 477. The van der Waals surface area contributed by atoms with Gasteiger partial charge in [-0.3, -0.25) is 0 Å². The van der Waals surface area contributed by atoms with Crippen LogP contribution in [0.3, 0.4) is 0 Å². The molecule has 0 amide bonds. The first-order chi connectivity index (χ1) is 7.24. The van der Waals surface area contributed by atoms with Crippen LogP contribution < -0.4 is 11.1 Å². The number of hydrogen-bond acceptors (Lipinski definition) is 5. The quantitative estimate of drug-likeness (QED) is 0.829. The maximum Gasteiger partial charge on any atom is 0.138 e. The molecule has 15 heavy (non-hydrogen) atoms. The van der Waals surface area contributed by atoms with Crippen LogP contribution in [-0.4, -0.2) is 23.1 Å². The van der Waals surface area contributed by atoms with E-state index in [2.05, 4.69) is 29.1 Å². The molecule has 0 spiro atoms. The molecule has 0 fully saturated rings. The Hall–Kier alpha value is -1.20. The smallest absolute Gasteiger partial charge is 0.138 e. The second-order valence-electron chi connectivity index (χ2n) is 3.40. The first kappa shape index (κ1) is 10.3. The predicted octanol–water partition coefficient (Wildman–Crippen LogP) is 1.68. The van der Waals surface area contributed by atoms with E-state index in [-0.39, 0.29) is 0 Å². The molecule has 2 aromatic heterocycles. The summed E-state index contributed by atoms with van der Waals surface area (Å²) in [4.78, 5) is 10.8. The van der Waals surface area contributed by atoms with Crippen molar-refractivity contribution in [1.29, 1.82) is 0 Å². The number of nitrogens with zero attached hydrogens (tertiary/aromatic N) is 2. The molecule has 0 aliphatic carbocycles. The number of nitrogens with one attached hydrogen (secondary N) is 1.